The van der Waals surface area contributed by atoms with E-state index in [9.17, 15) is 19.7 Å². The van der Waals surface area contributed by atoms with Crippen molar-refractivity contribution in [3.63, 3.8) is 0 Å². The van der Waals surface area contributed by atoms with E-state index in [1.54, 1.807) is 37.8 Å². The van der Waals surface area contributed by atoms with E-state index in [0.717, 1.165) is 11.1 Å². The lowest BCUT2D eigenvalue weighted by molar-refractivity contribution is -0.384. The first-order chi connectivity index (χ1) is 16.1. The Labute approximate surface area is 199 Å². The first-order valence-electron chi connectivity index (χ1n) is 11.4. The smallest absolute Gasteiger partial charge is 0.408 e. The second-order valence-electron chi connectivity index (χ2n) is 9.42. The minimum absolute atomic E-state index is 0.0725. The molecular weight excluding hydrogens is 436 g/mol. The predicted molar refractivity (Wildman–Crippen MR) is 128 cm³/mol. The largest absolute Gasteiger partial charge is 0.444 e. The second-order valence-corrected chi connectivity index (χ2v) is 9.42. The number of alkyl carbamates (subject to hydrolysis) is 1. The van der Waals surface area contributed by atoms with Gasteiger partial charge in [-0.15, -0.1) is 0 Å². The summed E-state index contributed by atoms with van der Waals surface area (Å²) in [5.74, 6) is -0.148. The number of amides is 2. The zero-order valence-electron chi connectivity index (χ0n) is 19.9. The van der Waals surface area contributed by atoms with Crippen LogP contribution in [0.25, 0.3) is 0 Å². The molecule has 9 nitrogen and oxygen atoms in total. The van der Waals surface area contributed by atoms with Crippen LogP contribution in [0.1, 0.15) is 31.9 Å². The molecule has 0 saturated carbocycles. The molecule has 1 aliphatic heterocycles. The standard InChI is InChI=1S/C25H32N4O5/c1-25(2,3)34-24(31)26-22(17-19-8-5-4-6-9-19)23(30)28-14-12-27(13-15-28)18-20-10-7-11-21(16-20)29(32)33/h4-11,16,22H,12-15,17-18H2,1-3H3,(H,26,31). The van der Waals surface area contributed by atoms with Crippen LogP contribution >= 0.6 is 0 Å². The Hall–Kier alpha value is -3.46. The zero-order valence-corrected chi connectivity index (χ0v) is 19.9. The normalized spacial score (nSPS) is 15.4. The van der Waals surface area contributed by atoms with Gasteiger partial charge < -0.3 is 15.0 Å². The average molecular weight is 469 g/mol. The maximum Gasteiger partial charge on any atom is 0.408 e. The number of rotatable bonds is 7. The highest BCUT2D eigenvalue weighted by Gasteiger charge is 2.30. The molecule has 1 aliphatic rings. The molecule has 1 N–H and O–H groups in total. The van der Waals surface area contributed by atoms with E-state index >= 15 is 0 Å². The molecule has 1 heterocycles. The minimum atomic E-state index is -0.736. The highest BCUT2D eigenvalue weighted by Crippen LogP contribution is 2.17. The topological polar surface area (TPSA) is 105 Å². The van der Waals surface area contributed by atoms with Crippen molar-refractivity contribution in [3.05, 3.63) is 75.8 Å². The molecule has 0 spiro atoms. The minimum Gasteiger partial charge on any atom is -0.444 e. The molecule has 2 aromatic rings. The third-order valence-corrected chi connectivity index (χ3v) is 5.48. The summed E-state index contributed by atoms with van der Waals surface area (Å²) in [7, 11) is 0. The van der Waals surface area contributed by atoms with Crippen LogP contribution in [0.2, 0.25) is 0 Å². The van der Waals surface area contributed by atoms with E-state index in [1.807, 2.05) is 36.4 Å². The monoisotopic (exact) mass is 468 g/mol. The molecular formula is C25H32N4O5. The molecule has 2 aromatic carbocycles. The van der Waals surface area contributed by atoms with Gasteiger partial charge in [0.05, 0.1) is 4.92 Å². The van der Waals surface area contributed by atoms with Crippen molar-refractivity contribution in [3.8, 4) is 0 Å². The quantitative estimate of drug-likeness (QED) is 0.493. The van der Waals surface area contributed by atoms with Crippen molar-refractivity contribution in [2.75, 3.05) is 26.2 Å². The van der Waals surface area contributed by atoms with Gasteiger partial charge in [0.25, 0.3) is 5.69 Å². The number of non-ortho nitro benzene ring substituents is 1. The molecule has 1 saturated heterocycles. The lowest BCUT2D eigenvalue weighted by Crippen LogP contribution is -2.55. The number of nitro benzene ring substituents is 1. The summed E-state index contributed by atoms with van der Waals surface area (Å²) in [4.78, 5) is 40.3. The van der Waals surface area contributed by atoms with Crippen LogP contribution in [0.3, 0.4) is 0 Å². The van der Waals surface area contributed by atoms with Gasteiger partial charge in [-0.1, -0.05) is 42.5 Å². The molecule has 1 fully saturated rings. The number of carbonyl (C=O) groups is 2. The highest BCUT2D eigenvalue weighted by atomic mass is 16.6. The fourth-order valence-corrected chi connectivity index (χ4v) is 3.87. The average Bonchev–Trinajstić information content (AvgIpc) is 2.78. The molecule has 0 aromatic heterocycles. The number of nitrogens with one attached hydrogen (secondary N) is 1. The van der Waals surface area contributed by atoms with E-state index < -0.39 is 22.7 Å². The molecule has 34 heavy (non-hydrogen) atoms. The lowest BCUT2D eigenvalue weighted by Gasteiger charge is -2.36. The van der Waals surface area contributed by atoms with Crippen LogP contribution in [0.4, 0.5) is 10.5 Å². The fraction of sp³-hybridized carbons (Fsp3) is 0.440. The van der Waals surface area contributed by atoms with Crippen molar-refractivity contribution in [1.29, 1.82) is 0 Å². The van der Waals surface area contributed by atoms with Gasteiger partial charge in [-0.05, 0) is 31.9 Å². The van der Waals surface area contributed by atoms with Gasteiger partial charge in [0.2, 0.25) is 5.91 Å². The van der Waals surface area contributed by atoms with E-state index in [1.165, 1.54) is 6.07 Å². The van der Waals surface area contributed by atoms with Crippen LogP contribution in [0.15, 0.2) is 54.6 Å². The molecule has 1 atom stereocenters. The molecule has 1 unspecified atom stereocenters. The third-order valence-electron chi connectivity index (χ3n) is 5.48. The van der Waals surface area contributed by atoms with E-state index in [4.69, 9.17) is 4.74 Å². The number of hydrogen-bond donors (Lipinski definition) is 1. The summed E-state index contributed by atoms with van der Waals surface area (Å²) in [5.41, 5.74) is 1.22. The number of nitro groups is 1. The highest BCUT2D eigenvalue weighted by molar-refractivity contribution is 5.86. The van der Waals surface area contributed by atoms with Crippen LogP contribution in [0.5, 0.6) is 0 Å². The van der Waals surface area contributed by atoms with Gasteiger partial charge in [0, 0.05) is 51.3 Å². The Kier molecular flexibility index (Phi) is 8.22. The van der Waals surface area contributed by atoms with Gasteiger partial charge in [-0.3, -0.25) is 19.8 Å². The van der Waals surface area contributed by atoms with Gasteiger partial charge >= 0.3 is 6.09 Å². The van der Waals surface area contributed by atoms with Gasteiger partial charge in [0.1, 0.15) is 11.6 Å². The molecule has 182 valence electrons. The first kappa shape index (κ1) is 25.2. The number of piperazine rings is 1. The van der Waals surface area contributed by atoms with E-state index in [0.29, 0.717) is 39.1 Å². The van der Waals surface area contributed by atoms with E-state index in [-0.39, 0.29) is 11.6 Å². The van der Waals surface area contributed by atoms with Gasteiger partial charge in [-0.2, -0.15) is 0 Å². The van der Waals surface area contributed by atoms with Crippen molar-refractivity contribution in [2.24, 2.45) is 0 Å². The van der Waals surface area contributed by atoms with Crippen molar-refractivity contribution >= 4 is 17.7 Å². The zero-order chi connectivity index (χ0) is 24.7. The molecule has 0 bridgehead atoms. The van der Waals surface area contributed by atoms with Crippen LogP contribution in [-0.4, -0.2) is 64.5 Å². The summed E-state index contributed by atoms with van der Waals surface area (Å²) < 4.78 is 5.38. The maximum atomic E-state index is 13.4. The second kappa shape index (κ2) is 11.1. The number of benzene rings is 2. The molecule has 0 radical (unpaired) electrons. The Balaban J connectivity index is 1.62. The van der Waals surface area contributed by atoms with Crippen molar-refractivity contribution in [1.82, 2.24) is 15.1 Å². The third kappa shape index (κ3) is 7.55. The van der Waals surface area contributed by atoms with Crippen LogP contribution in [-0.2, 0) is 22.5 Å². The summed E-state index contributed by atoms with van der Waals surface area (Å²) in [6.45, 7) is 8.21. The van der Waals surface area contributed by atoms with Gasteiger partial charge in [-0.25, -0.2) is 4.79 Å². The van der Waals surface area contributed by atoms with Gasteiger partial charge in [0.15, 0.2) is 0 Å². The van der Waals surface area contributed by atoms with Crippen molar-refractivity contribution in [2.45, 2.75) is 45.4 Å². The summed E-state index contributed by atoms with van der Waals surface area (Å²) in [6.07, 6.45) is -0.251. The Morgan fingerprint density at radius 1 is 1.03 bits per heavy atom. The summed E-state index contributed by atoms with van der Waals surface area (Å²) in [5, 5.41) is 13.8. The molecule has 9 heteroatoms. The Bertz CT molecular complexity index is 998. The fourth-order valence-electron chi connectivity index (χ4n) is 3.87. The molecule has 0 aliphatic carbocycles. The molecule has 2 amide bonds. The Morgan fingerprint density at radius 3 is 2.29 bits per heavy atom. The Morgan fingerprint density at radius 2 is 1.68 bits per heavy atom. The summed E-state index contributed by atoms with van der Waals surface area (Å²) >= 11 is 0. The molecule has 3 rings (SSSR count). The van der Waals surface area contributed by atoms with Crippen LogP contribution in [0, 0.1) is 10.1 Å². The number of hydrogen-bond acceptors (Lipinski definition) is 6. The van der Waals surface area contributed by atoms with E-state index in [2.05, 4.69) is 10.2 Å². The van der Waals surface area contributed by atoms with Crippen LogP contribution < -0.4 is 5.32 Å². The number of ether oxygens (including phenoxy) is 1. The predicted octanol–water partition coefficient (Wildman–Crippen LogP) is 3.38. The number of nitrogens with zero attached hydrogens (tertiary/aromatic N) is 3. The number of carbonyl (C=O) groups excluding carboxylic acids is 2. The first-order valence-corrected chi connectivity index (χ1v) is 11.4. The van der Waals surface area contributed by atoms with Crippen molar-refractivity contribution < 1.29 is 19.2 Å². The lowest BCUT2D eigenvalue weighted by atomic mass is 10.0. The summed E-state index contributed by atoms with van der Waals surface area (Å²) in [6, 6.07) is 15.4. The maximum absolute atomic E-state index is 13.4. The SMILES string of the molecule is CC(C)(C)OC(=O)NC(Cc1ccccc1)C(=O)N1CCN(Cc2cccc([N+](=O)[O-])c2)CC1.